The predicted molar refractivity (Wildman–Crippen MR) is 42.3 cm³/mol. The van der Waals surface area contributed by atoms with E-state index in [-0.39, 0.29) is 0 Å². The van der Waals surface area contributed by atoms with Crippen LogP contribution in [0.4, 0.5) is 0 Å². The van der Waals surface area contributed by atoms with E-state index in [0.29, 0.717) is 5.16 Å². The van der Waals surface area contributed by atoms with Crippen LogP contribution >= 0.6 is 9.24 Å². The van der Waals surface area contributed by atoms with Crippen molar-refractivity contribution in [1.82, 2.24) is 5.32 Å². The molecule has 50 valence electrons. The fourth-order valence-electron chi connectivity index (χ4n) is 0.519. The fourth-order valence-corrected chi connectivity index (χ4v) is 0.808. The Morgan fingerprint density at radius 2 is 1.62 bits per heavy atom. The molecule has 1 fully saturated rings. The van der Waals surface area contributed by atoms with E-state index in [0.717, 1.165) is 13.1 Å². The van der Waals surface area contributed by atoms with Gasteiger partial charge in [0.2, 0.25) is 0 Å². The van der Waals surface area contributed by atoms with E-state index in [4.69, 9.17) is 0 Å². The molecule has 1 aliphatic rings. The smallest absolute Gasteiger partial charge is 0.00701 e. The second-order valence-electron chi connectivity index (χ2n) is 2.26. The Hall–Kier alpha value is 0.390. The maximum Gasteiger partial charge on any atom is 0.00701 e. The van der Waals surface area contributed by atoms with Crippen LogP contribution in [0.5, 0.6) is 0 Å². The van der Waals surface area contributed by atoms with Gasteiger partial charge in [-0.2, -0.15) is 0 Å². The lowest BCUT2D eigenvalue weighted by atomic mass is 10.1. The van der Waals surface area contributed by atoms with Gasteiger partial charge in [-0.05, 0) is 0 Å². The van der Waals surface area contributed by atoms with Gasteiger partial charge < -0.3 is 5.32 Å². The summed E-state index contributed by atoms with van der Waals surface area (Å²) in [4.78, 5) is 0. The third-order valence-electron chi connectivity index (χ3n) is 1.06. The Morgan fingerprint density at radius 3 is 1.62 bits per heavy atom. The average molecular weight is 133 g/mol. The molecule has 1 rings (SSSR count). The van der Waals surface area contributed by atoms with Crippen molar-refractivity contribution in [3.8, 4) is 0 Å². The molecule has 1 heterocycles. The van der Waals surface area contributed by atoms with Crippen LogP contribution in [-0.2, 0) is 0 Å². The van der Waals surface area contributed by atoms with Crippen molar-refractivity contribution in [1.29, 1.82) is 0 Å². The molecule has 2 heteroatoms. The summed E-state index contributed by atoms with van der Waals surface area (Å²) < 4.78 is 0. The summed E-state index contributed by atoms with van der Waals surface area (Å²) in [7, 11) is 2.82. The first-order chi connectivity index (χ1) is 3.71. The summed E-state index contributed by atoms with van der Waals surface area (Å²) in [5.41, 5.74) is 0. The zero-order valence-electron chi connectivity index (χ0n) is 5.99. The summed E-state index contributed by atoms with van der Waals surface area (Å²) in [5.74, 6) is 0. The number of hydrogen-bond donors (Lipinski definition) is 1. The van der Waals surface area contributed by atoms with Gasteiger partial charge in [0.05, 0.1) is 0 Å². The molecule has 0 spiro atoms. The molecule has 1 nitrogen and oxygen atoms in total. The fraction of sp³-hybridized carbons (Fsp3) is 1.00. The molecule has 0 saturated carbocycles. The molecule has 0 radical (unpaired) electrons. The van der Waals surface area contributed by atoms with Gasteiger partial charge in [0.1, 0.15) is 0 Å². The number of hydrogen-bond acceptors (Lipinski definition) is 1. The van der Waals surface area contributed by atoms with Gasteiger partial charge in [-0.3, -0.25) is 0 Å². The molecule has 8 heavy (non-hydrogen) atoms. The third kappa shape index (κ3) is 2.64. The molecule has 1 saturated heterocycles. The SMILES string of the molecule is CC.CC1(P)CNC1. The van der Waals surface area contributed by atoms with Crippen molar-refractivity contribution < 1.29 is 0 Å². The van der Waals surface area contributed by atoms with Gasteiger partial charge in [-0.1, -0.05) is 20.8 Å². The van der Waals surface area contributed by atoms with Gasteiger partial charge in [-0.15, -0.1) is 9.24 Å². The molecule has 1 N–H and O–H groups in total. The summed E-state index contributed by atoms with van der Waals surface area (Å²) in [6.07, 6.45) is 0. The first-order valence-corrected chi connectivity index (χ1v) is 3.78. The summed E-state index contributed by atoms with van der Waals surface area (Å²) in [6.45, 7) is 8.56. The topological polar surface area (TPSA) is 12.0 Å². The number of nitrogens with one attached hydrogen (secondary N) is 1. The molecule has 0 aromatic heterocycles. The zero-order valence-corrected chi connectivity index (χ0v) is 7.15. The van der Waals surface area contributed by atoms with Crippen LogP contribution < -0.4 is 5.32 Å². The highest BCUT2D eigenvalue weighted by atomic mass is 31.0. The molecule has 1 aliphatic heterocycles. The van der Waals surface area contributed by atoms with E-state index >= 15 is 0 Å². The van der Waals surface area contributed by atoms with Crippen LogP contribution in [0, 0.1) is 0 Å². The largest absolute Gasteiger partial charge is 0.315 e. The van der Waals surface area contributed by atoms with Crippen molar-refractivity contribution in [2.75, 3.05) is 13.1 Å². The molecular weight excluding hydrogens is 117 g/mol. The van der Waals surface area contributed by atoms with Crippen LogP contribution in [-0.4, -0.2) is 18.2 Å². The van der Waals surface area contributed by atoms with E-state index in [1.807, 2.05) is 13.8 Å². The molecule has 0 aliphatic carbocycles. The van der Waals surface area contributed by atoms with Gasteiger partial charge in [0.15, 0.2) is 0 Å². The van der Waals surface area contributed by atoms with E-state index < -0.39 is 0 Å². The summed E-state index contributed by atoms with van der Waals surface area (Å²) in [6, 6.07) is 0. The summed E-state index contributed by atoms with van der Waals surface area (Å²) >= 11 is 0. The Kier molecular flexibility index (Phi) is 3.59. The monoisotopic (exact) mass is 133 g/mol. The first kappa shape index (κ1) is 8.39. The molecule has 0 amide bonds. The van der Waals surface area contributed by atoms with Crippen molar-refractivity contribution in [3.63, 3.8) is 0 Å². The second-order valence-corrected chi connectivity index (χ2v) is 3.65. The third-order valence-corrected chi connectivity index (χ3v) is 1.47. The van der Waals surface area contributed by atoms with Gasteiger partial charge in [0, 0.05) is 18.2 Å². The maximum absolute atomic E-state index is 3.18. The summed E-state index contributed by atoms with van der Waals surface area (Å²) in [5, 5.41) is 3.71. The van der Waals surface area contributed by atoms with Crippen LogP contribution in [0.1, 0.15) is 20.8 Å². The average Bonchev–Trinajstić information content (AvgIpc) is 1.69. The Balaban J connectivity index is 0.000000222. The van der Waals surface area contributed by atoms with Gasteiger partial charge in [-0.25, -0.2) is 0 Å². The minimum atomic E-state index is 0.528. The van der Waals surface area contributed by atoms with Crippen LogP contribution in [0.3, 0.4) is 0 Å². The Morgan fingerprint density at radius 1 is 1.38 bits per heavy atom. The van der Waals surface area contributed by atoms with Crippen molar-refractivity contribution >= 4 is 9.24 Å². The van der Waals surface area contributed by atoms with Crippen molar-refractivity contribution in [3.05, 3.63) is 0 Å². The second kappa shape index (κ2) is 3.42. The quantitative estimate of drug-likeness (QED) is 0.490. The minimum absolute atomic E-state index is 0.528. The van der Waals surface area contributed by atoms with Crippen molar-refractivity contribution in [2.24, 2.45) is 0 Å². The van der Waals surface area contributed by atoms with E-state index in [9.17, 15) is 0 Å². The van der Waals surface area contributed by atoms with Crippen LogP contribution in [0.25, 0.3) is 0 Å². The molecule has 1 atom stereocenters. The highest BCUT2D eigenvalue weighted by Gasteiger charge is 2.24. The Labute approximate surface area is 54.4 Å². The number of rotatable bonds is 0. The van der Waals surface area contributed by atoms with Gasteiger partial charge >= 0.3 is 0 Å². The molecule has 0 aromatic carbocycles. The molecular formula is C6H16NP. The minimum Gasteiger partial charge on any atom is -0.315 e. The normalized spacial score (nSPS) is 22.5. The standard InChI is InChI=1S/C4H10NP.C2H6/c1-4(6)2-5-3-4;1-2/h5H,2-3,6H2,1H3;1-2H3. The lowest BCUT2D eigenvalue weighted by molar-refractivity contribution is 0.421. The van der Waals surface area contributed by atoms with Crippen LogP contribution in [0.15, 0.2) is 0 Å². The first-order valence-electron chi connectivity index (χ1n) is 3.20. The molecule has 0 aromatic rings. The Bertz CT molecular complexity index is 55.5. The highest BCUT2D eigenvalue weighted by Crippen LogP contribution is 2.20. The lowest BCUT2D eigenvalue weighted by Crippen LogP contribution is -2.52. The predicted octanol–water partition coefficient (Wildman–Crippen LogP) is 1.25. The van der Waals surface area contributed by atoms with E-state index in [2.05, 4.69) is 21.5 Å². The molecule has 1 unspecified atom stereocenters. The van der Waals surface area contributed by atoms with Crippen molar-refractivity contribution in [2.45, 2.75) is 25.9 Å². The van der Waals surface area contributed by atoms with Gasteiger partial charge in [0.25, 0.3) is 0 Å². The lowest BCUT2D eigenvalue weighted by Gasteiger charge is -2.34. The van der Waals surface area contributed by atoms with E-state index in [1.54, 1.807) is 0 Å². The molecule has 0 bridgehead atoms. The van der Waals surface area contributed by atoms with Crippen LogP contribution in [0.2, 0.25) is 0 Å². The highest BCUT2D eigenvalue weighted by molar-refractivity contribution is 7.19. The maximum atomic E-state index is 3.18. The zero-order chi connectivity index (χ0) is 6.62. The van der Waals surface area contributed by atoms with E-state index in [1.165, 1.54) is 0 Å².